The Balaban J connectivity index is 0.00000364. The smallest absolute Gasteiger partial charge is 0.191 e. The summed E-state index contributed by atoms with van der Waals surface area (Å²) in [5, 5.41) is 6.91. The van der Waals surface area contributed by atoms with E-state index < -0.39 is 0 Å². The van der Waals surface area contributed by atoms with Crippen molar-refractivity contribution in [3.05, 3.63) is 24.2 Å². The zero-order chi connectivity index (χ0) is 18.7. The predicted molar refractivity (Wildman–Crippen MR) is 126 cm³/mol. The van der Waals surface area contributed by atoms with Crippen molar-refractivity contribution in [3.8, 4) is 0 Å². The van der Waals surface area contributed by atoms with Crippen molar-refractivity contribution in [3.63, 3.8) is 0 Å². The lowest BCUT2D eigenvalue weighted by Gasteiger charge is -2.26. The number of morpholine rings is 1. The van der Waals surface area contributed by atoms with Gasteiger partial charge in [-0.05, 0) is 45.2 Å². The Morgan fingerprint density at radius 2 is 2.00 bits per heavy atom. The lowest BCUT2D eigenvalue weighted by molar-refractivity contribution is 0.0376. The predicted octanol–water partition coefficient (Wildman–Crippen LogP) is 2.84. The van der Waals surface area contributed by atoms with Crippen LogP contribution in [-0.4, -0.2) is 74.3 Å². The molecule has 0 radical (unpaired) electrons. The van der Waals surface area contributed by atoms with Crippen LogP contribution in [0.4, 0.5) is 0 Å². The molecule has 0 bridgehead atoms. The van der Waals surface area contributed by atoms with E-state index in [0.29, 0.717) is 0 Å². The third-order valence-corrected chi connectivity index (χ3v) is 5.70. The molecule has 1 aliphatic rings. The van der Waals surface area contributed by atoms with Crippen LogP contribution in [0.25, 0.3) is 0 Å². The number of rotatable bonds is 10. The SMILES string of the molecule is CSC(C)(C)CN=C(NCCCN1CCOCC1)NCCc1ccco1.I. The second kappa shape index (κ2) is 13.7. The summed E-state index contributed by atoms with van der Waals surface area (Å²) < 4.78 is 10.9. The Kier molecular flexibility index (Phi) is 12.5. The highest BCUT2D eigenvalue weighted by Crippen LogP contribution is 2.20. The molecular formula is C19H35IN4O2S. The third-order valence-electron chi connectivity index (χ3n) is 4.46. The van der Waals surface area contributed by atoms with Crippen molar-refractivity contribution in [2.45, 2.75) is 31.4 Å². The Bertz CT molecular complexity index is 520. The zero-order valence-electron chi connectivity index (χ0n) is 16.8. The molecule has 27 heavy (non-hydrogen) atoms. The average Bonchev–Trinajstić information content (AvgIpc) is 3.17. The molecule has 1 aromatic rings. The number of ether oxygens (including phenoxy) is 1. The fourth-order valence-electron chi connectivity index (χ4n) is 2.60. The Labute approximate surface area is 185 Å². The molecule has 0 atom stereocenters. The molecule has 1 fully saturated rings. The average molecular weight is 510 g/mol. The fourth-order valence-corrected chi connectivity index (χ4v) is 2.80. The maximum absolute atomic E-state index is 5.40. The molecule has 1 aromatic heterocycles. The maximum Gasteiger partial charge on any atom is 0.191 e. The van der Waals surface area contributed by atoms with E-state index in [1.807, 2.05) is 23.9 Å². The van der Waals surface area contributed by atoms with Gasteiger partial charge in [-0.15, -0.1) is 24.0 Å². The largest absolute Gasteiger partial charge is 0.469 e. The van der Waals surface area contributed by atoms with Crippen molar-refractivity contribution in [1.29, 1.82) is 0 Å². The van der Waals surface area contributed by atoms with Crippen molar-refractivity contribution in [2.24, 2.45) is 4.99 Å². The molecule has 2 N–H and O–H groups in total. The Morgan fingerprint density at radius 3 is 2.67 bits per heavy atom. The van der Waals surface area contributed by atoms with Gasteiger partial charge < -0.3 is 19.8 Å². The molecule has 0 aromatic carbocycles. The van der Waals surface area contributed by atoms with Gasteiger partial charge in [0.05, 0.1) is 26.0 Å². The van der Waals surface area contributed by atoms with Gasteiger partial charge in [0.25, 0.3) is 0 Å². The molecule has 1 aliphatic heterocycles. The van der Waals surface area contributed by atoms with Gasteiger partial charge in [-0.2, -0.15) is 11.8 Å². The van der Waals surface area contributed by atoms with Crippen molar-refractivity contribution >= 4 is 41.7 Å². The summed E-state index contributed by atoms with van der Waals surface area (Å²) >= 11 is 1.84. The summed E-state index contributed by atoms with van der Waals surface area (Å²) in [5.74, 6) is 1.88. The maximum atomic E-state index is 5.40. The van der Waals surface area contributed by atoms with E-state index in [4.69, 9.17) is 14.1 Å². The van der Waals surface area contributed by atoms with Gasteiger partial charge in [-0.25, -0.2) is 0 Å². The third kappa shape index (κ3) is 10.6. The summed E-state index contributed by atoms with van der Waals surface area (Å²) in [7, 11) is 0. The minimum absolute atomic E-state index is 0. The molecule has 0 amide bonds. The Hall–Kier alpha value is -0.450. The van der Waals surface area contributed by atoms with E-state index in [1.54, 1.807) is 6.26 Å². The molecule has 0 aliphatic carbocycles. The van der Waals surface area contributed by atoms with Crippen molar-refractivity contribution < 1.29 is 9.15 Å². The first-order valence-electron chi connectivity index (χ1n) is 9.49. The number of aliphatic imine (C=N–C) groups is 1. The minimum atomic E-state index is 0. The van der Waals surface area contributed by atoms with E-state index in [0.717, 1.165) is 77.0 Å². The van der Waals surface area contributed by atoms with E-state index in [2.05, 4.69) is 35.6 Å². The van der Waals surface area contributed by atoms with Crippen LogP contribution in [0.3, 0.4) is 0 Å². The zero-order valence-corrected chi connectivity index (χ0v) is 20.0. The first kappa shape index (κ1) is 24.6. The second-order valence-corrected chi connectivity index (χ2v) is 8.63. The summed E-state index contributed by atoms with van der Waals surface area (Å²) in [6, 6.07) is 3.93. The van der Waals surface area contributed by atoms with Gasteiger partial charge in [0.15, 0.2) is 5.96 Å². The molecule has 0 unspecified atom stereocenters. The van der Waals surface area contributed by atoms with Crippen LogP contribution in [0, 0.1) is 0 Å². The number of nitrogens with one attached hydrogen (secondary N) is 2. The van der Waals surface area contributed by atoms with Crippen LogP contribution < -0.4 is 10.6 Å². The molecule has 0 spiro atoms. The van der Waals surface area contributed by atoms with Crippen molar-refractivity contribution in [1.82, 2.24) is 15.5 Å². The van der Waals surface area contributed by atoms with Crippen LogP contribution in [0.5, 0.6) is 0 Å². The van der Waals surface area contributed by atoms with Crippen LogP contribution >= 0.6 is 35.7 Å². The summed E-state index contributed by atoms with van der Waals surface area (Å²) in [6.07, 6.45) is 5.81. The number of furan rings is 1. The topological polar surface area (TPSA) is 62.0 Å². The highest BCUT2D eigenvalue weighted by molar-refractivity contribution is 14.0. The molecule has 0 saturated carbocycles. The first-order chi connectivity index (χ1) is 12.6. The van der Waals surface area contributed by atoms with Crippen LogP contribution in [0.2, 0.25) is 0 Å². The molecular weight excluding hydrogens is 475 g/mol. The summed E-state index contributed by atoms with van der Waals surface area (Å²) in [6.45, 7) is 11.9. The quantitative estimate of drug-likeness (QED) is 0.219. The molecule has 6 nitrogen and oxygen atoms in total. The second-order valence-electron chi connectivity index (χ2n) is 7.12. The minimum Gasteiger partial charge on any atom is -0.469 e. The lowest BCUT2D eigenvalue weighted by atomic mass is 10.2. The van der Waals surface area contributed by atoms with Gasteiger partial charge in [0, 0.05) is 37.3 Å². The van der Waals surface area contributed by atoms with Crippen LogP contribution in [0.15, 0.2) is 27.8 Å². The standard InChI is InChI=1S/C19H34N4O2S.HI/c1-19(2,26-3)16-22-18(21-9-7-17-6-4-13-25-17)20-8-5-10-23-11-14-24-15-12-23;/h4,6,13H,5,7-12,14-16H2,1-3H3,(H2,20,21,22);1H. The number of hydrogen-bond donors (Lipinski definition) is 2. The number of nitrogens with zero attached hydrogens (tertiary/aromatic N) is 2. The number of hydrogen-bond acceptors (Lipinski definition) is 5. The molecule has 2 heterocycles. The monoisotopic (exact) mass is 510 g/mol. The van der Waals surface area contributed by atoms with E-state index in [9.17, 15) is 0 Å². The van der Waals surface area contributed by atoms with E-state index >= 15 is 0 Å². The normalized spacial score (nSPS) is 16.0. The summed E-state index contributed by atoms with van der Waals surface area (Å²) in [5.41, 5.74) is 0. The highest BCUT2D eigenvalue weighted by Gasteiger charge is 2.15. The number of thioether (sulfide) groups is 1. The lowest BCUT2D eigenvalue weighted by Crippen LogP contribution is -2.42. The number of guanidine groups is 1. The van der Waals surface area contributed by atoms with Gasteiger partial charge in [0.2, 0.25) is 0 Å². The van der Waals surface area contributed by atoms with E-state index in [1.165, 1.54) is 0 Å². The van der Waals surface area contributed by atoms with E-state index in [-0.39, 0.29) is 28.7 Å². The van der Waals surface area contributed by atoms with Crippen molar-refractivity contribution in [2.75, 3.05) is 58.7 Å². The highest BCUT2D eigenvalue weighted by atomic mass is 127. The van der Waals surface area contributed by atoms with Crippen LogP contribution in [-0.2, 0) is 11.2 Å². The van der Waals surface area contributed by atoms with Gasteiger partial charge in [0.1, 0.15) is 5.76 Å². The number of halogens is 1. The van der Waals surface area contributed by atoms with Crippen LogP contribution in [0.1, 0.15) is 26.0 Å². The molecule has 2 rings (SSSR count). The van der Waals surface area contributed by atoms with Gasteiger partial charge in [-0.1, -0.05) is 0 Å². The summed E-state index contributed by atoms with van der Waals surface area (Å²) in [4.78, 5) is 7.24. The van der Waals surface area contributed by atoms with Gasteiger partial charge >= 0.3 is 0 Å². The fraction of sp³-hybridized carbons (Fsp3) is 0.737. The molecule has 8 heteroatoms. The van der Waals surface area contributed by atoms with Gasteiger partial charge in [-0.3, -0.25) is 9.89 Å². The molecule has 156 valence electrons. The Morgan fingerprint density at radius 1 is 1.26 bits per heavy atom. The first-order valence-corrected chi connectivity index (χ1v) is 10.7. The molecule has 1 saturated heterocycles.